The molecule has 4 unspecified atom stereocenters. The number of hydrogen-bond acceptors (Lipinski definition) is 6. The Bertz CT molecular complexity index is 784. The highest BCUT2D eigenvalue weighted by atomic mass is 16.6. The number of esters is 2. The van der Waals surface area contributed by atoms with Gasteiger partial charge >= 0.3 is 11.9 Å². The van der Waals surface area contributed by atoms with Crippen LogP contribution in [0.5, 0.6) is 0 Å². The van der Waals surface area contributed by atoms with Gasteiger partial charge in [0.1, 0.15) is 11.2 Å². The quantitative estimate of drug-likeness (QED) is 0.485. The van der Waals surface area contributed by atoms with Crippen molar-refractivity contribution in [3.8, 4) is 12.1 Å². The second-order valence-electron chi connectivity index (χ2n) is 9.04. The molecule has 4 atom stereocenters. The Morgan fingerprint density at radius 2 is 1.47 bits per heavy atom. The van der Waals surface area contributed by atoms with Crippen LogP contribution < -0.4 is 0 Å². The molecule has 0 amide bonds. The van der Waals surface area contributed by atoms with Crippen LogP contribution in [0, 0.1) is 34.5 Å². The number of nitrogens with zero attached hydrogens (tertiary/aromatic N) is 2. The highest BCUT2D eigenvalue weighted by molar-refractivity contribution is 5.91. The van der Waals surface area contributed by atoms with Gasteiger partial charge in [0, 0.05) is 36.3 Å². The molecule has 4 aliphatic rings. The van der Waals surface area contributed by atoms with E-state index in [4.69, 9.17) is 20.0 Å². The fourth-order valence-electron chi connectivity index (χ4n) is 5.47. The molecule has 2 heterocycles. The maximum absolute atomic E-state index is 11.5. The van der Waals surface area contributed by atoms with Gasteiger partial charge < -0.3 is 9.47 Å². The zero-order valence-electron chi connectivity index (χ0n) is 17.6. The molecule has 4 fully saturated rings. The Morgan fingerprint density at radius 3 is 2.00 bits per heavy atom. The molecular formula is C24H30N2O4. The molecule has 6 heteroatoms. The van der Waals surface area contributed by atoms with E-state index in [1.807, 2.05) is 0 Å². The molecule has 4 rings (SSSR count). The topological polar surface area (TPSA) is 100 Å². The molecule has 6 nitrogen and oxygen atoms in total. The van der Waals surface area contributed by atoms with Crippen LogP contribution >= 0.6 is 0 Å². The third-order valence-electron chi connectivity index (χ3n) is 7.08. The second-order valence-corrected chi connectivity index (χ2v) is 9.04. The Morgan fingerprint density at radius 1 is 0.900 bits per heavy atom. The predicted molar refractivity (Wildman–Crippen MR) is 110 cm³/mol. The molecule has 2 spiro atoms. The Balaban J connectivity index is 0.000000172. The van der Waals surface area contributed by atoms with Crippen LogP contribution in [-0.4, -0.2) is 23.1 Å². The van der Waals surface area contributed by atoms with E-state index in [2.05, 4.69) is 25.3 Å². The number of carbonyl (C=O) groups excluding carboxylic acids is 2. The monoisotopic (exact) mass is 410 g/mol. The van der Waals surface area contributed by atoms with Crippen molar-refractivity contribution in [3.05, 3.63) is 24.3 Å². The highest BCUT2D eigenvalue weighted by Gasteiger charge is 2.50. The van der Waals surface area contributed by atoms with Crippen molar-refractivity contribution in [2.24, 2.45) is 11.8 Å². The average molecular weight is 411 g/mol. The predicted octanol–water partition coefficient (Wildman–Crippen LogP) is 4.66. The summed E-state index contributed by atoms with van der Waals surface area (Å²) in [5, 5.41) is 17.7. The van der Waals surface area contributed by atoms with Gasteiger partial charge in [0.2, 0.25) is 0 Å². The summed E-state index contributed by atoms with van der Waals surface area (Å²) >= 11 is 0. The van der Waals surface area contributed by atoms with Crippen molar-refractivity contribution >= 4 is 11.9 Å². The van der Waals surface area contributed by atoms with E-state index in [9.17, 15) is 9.59 Å². The van der Waals surface area contributed by atoms with Crippen LogP contribution in [0.1, 0.15) is 77.0 Å². The molecule has 0 aromatic carbocycles. The van der Waals surface area contributed by atoms with Crippen molar-refractivity contribution in [3.63, 3.8) is 0 Å². The van der Waals surface area contributed by atoms with Crippen LogP contribution in [-0.2, 0) is 19.1 Å². The van der Waals surface area contributed by atoms with Gasteiger partial charge in [0.25, 0.3) is 0 Å². The summed E-state index contributed by atoms with van der Waals surface area (Å²) in [4.78, 5) is 22.8. The fraction of sp³-hybridized carbons (Fsp3) is 0.667. The fourth-order valence-corrected chi connectivity index (χ4v) is 5.47. The van der Waals surface area contributed by atoms with Gasteiger partial charge in [-0.15, -0.1) is 0 Å². The molecule has 2 aliphatic heterocycles. The van der Waals surface area contributed by atoms with Gasteiger partial charge in [-0.3, -0.25) is 0 Å². The Labute approximate surface area is 178 Å². The van der Waals surface area contributed by atoms with E-state index < -0.39 is 5.60 Å². The lowest BCUT2D eigenvalue weighted by Crippen LogP contribution is -2.40. The first-order valence-corrected chi connectivity index (χ1v) is 10.9. The molecule has 0 N–H and O–H groups in total. The lowest BCUT2D eigenvalue weighted by molar-refractivity contribution is -0.155. The summed E-state index contributed by atoms with van der Waals surface area (Å²) in [5.41, 5.74) is 0.278. The molecule has 0 bridgehead atoms. The van der Waals surface area contributed by atoms with Crippen molar-refractivity contribution in [2.45, 2.75) is 88.3 Å². The van der Waals surface area contributed by atoms with Crippen LogP contribution in [0.3, 0.4) is 0 Å². The third kappa shape index (κ3) is 4.29. The van der Waals surface area contributed by atoms with E-state index in [1.54, 1.807) is 0 Å². The zero-order chi connectivity index (χ0) is 21.8. The number of nitriles is 2. The second kappa shape index (κ2) is 9.04. The van der Waals surface area contributed by atoms with Gasteiger partial charge in [-0.05, 0) is 44.9 Å². The summed E-state index contributed by atoms with van der Waals surface area (Å²) in [7, 11) is 0. The van der Waals surface area contributed by atoms with Crippen molar-refractivity contribution in [2.75, 3.05) is 0 Å². The van der Waals surface area contributed by atoms with E-state index in [1.165, 1.54) is 6.42 Å². The molecule has 0 aromatic rings. The lowest BCUT2D eigenvalue weighted by atomic mass is 9.71. The van der Waals surface area contributed by atoms with Gasteiger partial charge in [-0.2, -0.15) is 10.5 Å². The first-order chi connectivity index (χ1) is 14.4. The number of hydrogen-bond donors (Lipinski definition) is 0. The SMILES string of the molecule is C=C1CC2(CCCCC2C#N)OC1=O.C=C1CC2(CCCCC2CCC#N)OC1=O. The summed E-state index contributed by atoms with van der Waals surface area (Å²) < 4.78 is 10.9. The van der Waals surface area contributed by atoms with Crippen LogP contribution in [0.2, 0.25) is 0 Å². The molecule has 2 saturated carbocycles. The molecule has 160 valence electrons. The Kier molecular flexibility index (Phi) is 6.66. The lowest BCUT2D eigenvalue weighted by Gasteiger charge is -2.39. The van der Waals surface area contributed by atoms with E-state index in [0.717, 1.165) is 51.4 Å². The van der Waals surface area contributed by atoms with Crippen LogP contribution in [0.15, 0.2) is 24.3 Å². The van der Waals surface area contributed by atoms with E-state index in [0.29, 0.717) is 36.3 Å². The first kappa shape index (κ1) is 22.1. The van der Waals surface area contributed by atoms with E-state index in [-0.39, 0.29) is 23.5 Å². The summed E-state index contributed by atoms with van der Waals surface area (Å²) in [5.74, 6) is -0.334. The standard InChI is InChI=1S/C13H17NO2.C11H13NO2/c1-10-9-13(16-12(10)15)7-3-2-5-11(13)6-4-8-14;1-8-6-11(14-10(8)13)5-3-2-4-9(11)7-12/h11H,1-7,9H2;9H,1-6H2. The maximum Gasteiger partial charge on any atom is 0.334 e. The average Bonchev–Trinajstić information content (AvgIpc) is 3.17. The molecule has 0 radical (unpaired) electrons. The van der Waals surface area contributed by atoms with Gasteiger partial charge in [-0.25, -0.2) is 9.59 Å². The van der Waals surface area contributed by atoms with Crippen molar-refractivity contribution < 1.29 is 19.1 Å². The summed E-state index contributed by atoms with van der Waals surface area (Å²) in [6.07, 6.45) is 10.7. The minimum Gasteiger partial charge on any atom is -0.455 e. The summed E-state index contributed by atoms with van der Waals surface area (Å²) in [6, 6.07) is 4.44. The number of ether oxygens (including phenoxy) is 2. The molecule has 2 aliphatic carbocycles. The van der Waals surface area contributed by atoms with Gasteiger partial charge in [-0.1, -0.05) is 26.0 Å². The molecule has 0 aromatic heterocycles. The van der Waals surface area contributed by atoms with Crippen molar-refractivity contribution in [1.82, 2.24) is 0 Å². The summed E-state index contributed by atoms with van der Waals surface area (Å²) in [6.45, 7) is 7.43. The number of rotatable bonds is 2. The first-order valence-electron chi connectivity index (χ1n) is 10.9. The van der Waals surface area contributed by atoms with Gasteiger partial charge in [0.15, 0.2) is 0 Å². The Hall–Kier alpha value is -2.60. The van der Waals surface area contributed by atoms with Gasteiger partial charge in [0.05, 0.1) is 18.1 Å². The molecule has 2 saturated heterocycles. The third-order valence-corrected chi connectivity index (χ3v) is 7.08. The van der Waals surface area contributed by atoms with Crippen LogP contribution in [0.4, 0.5) is 0 Å². The minimum absolute atomic E-state index is 0.139. The number of carbonyl (C=O) groups is 2. The van der Waals surface area contributed by atoms with Crippen molar-refractivity contribution in [1.29, 1.82) is 10.5 Å². The molecular weight excluding hydrogens is 380 g/mol. The van der Waals surface area contributed by atoms with E-state index >= 15 is 0 Å². The largest absolute Gasteiger partial charge is 0.455 e. The molecule has 30 heavy (non-hydrogen) atoms. The maximum atomic E-state index is 11.5. The normalized spacial score (nSPS) is 35.3. The van der Waals surface area contributed by atoms with Crippen LogP contribution in [0.25, 0.3) is 0 Å². The minimum atomic E-state index is -0.527. The smallest absolute Gasteiger partial charge is 0.334 e. The highest BCUT2D eigenvalue weighted by Crippen LogP contribution is 2.47. The zero-order valence-corrected chi connectivity index (χ0v) is 17.6.